The van der Waals surface area contributed by atoms with Crippen LogP contribution in [0, 0.1) is 17.3 Å². The molecule has 0 aromatic heterocycles. The highest BCUT2D eigenvalue weighted by Gasteiger charge is 2.52. The Balaban J connectivity index is 1.66. The van der Waals surface area contributed by atoms with Crippen LogP contribution in [0.25, 0.3) is 0 Å². The van der Waals surface area contributed by atoms with Gasteiger partial charge < -0.3 is 4.74 Å². The molecular formula is C21H19Cl3O3. The lowest BCUT2D eigenvalue weighted by Gasteiger charge is -2.50. The lowest BCUT2D eigenvalue weighted by Crippen LogP contribution is -2.50. The SMILES string of the molecule is CC1(C)[C@@H](Cc2ccccc2)C[C@H]1C(=O)OC(=O)c1c(Cl)cc(Cl)cc1Cl. The minimum Gasteiger partial charge on any atom is -0.389 e. The number of benzene rings is 2. The molecule has 0 N–H and O–H groups in total. The van der Waals surface area contributed by atoms with Crippen molar-refractivity contribution in [3.05, 3.63) is 68.7 Å². The van der Waals surface area contributed by atoms with Crippen molar-refractivity contribution in [3.63, 3.8) is 0 Å². The number of rotatable bonds is 4. The van der Waals surface area contributed by atoms with Crippen LogP contribution in [0.15, 0.2) is 42.5 Å². The van der Waals surface area contributed by atoms with Gasteiger partial charge >= 0.3 is 11.9 Å². The minimum atomic E-state index is -0.853. The molecule has 1 aliphatic rings. The molecule has 27 heavy (non-hydrogen) atoms. The average molecular weight is 426 g/mol. The molecule has 3 nitrogen and oxygen atoms in total. The molecule has 6 heteroatoms. The summed E-state index contributed by atoms with van der Waals surface area (Å²) in [5.74, 6) is -1.40. The van der Waals surface area contributed by atoms with E-state index in [0.29, 0.717) is 17.4 Å². The van der Waals surface area contributed by atoms with E-state index < -0.39 is 11.9 Å². The molecule has 2 aromatic carbocycles. The Morgan fingerprint density at radius 2 is 1.67 bits per heavy atom. The Hall–Kier alpha value is -1.55. The first-order chi connectivity index (χ1) is 12.7. The molecule has 2 aromatic rings. The highest BCUT2D eigenvalue weighted by atomic mass is 35.5. The highest BCUT2D eigenvalue weighted by Crippen LogP contribution is 2.53. The van der Waals surface area contributed by atoms with E-state index >= 15 is 0 Å². The number of hydrogen-bond donors (Lipinski definition) is 0. The molecule has 0 spiro atoms. The second kappa shape index (κ2) is 7.83. The van der Waals surface area contributed by atoms with Gasteiger partial charge in [-0.05, 0) is 41.9 Å². The maximum atomic E-state index is 12.6. The molecule has 0 bridgehead atoms. The predicted octanol–water partition coefficient (Wildman–Crippen LogP) is 6.24. The van der Waals surface area contributed by atoms with E-state index in [1.807, 2.05) is 32.0 Å². The van der Waals surface area contributed by atoms with Crippen LogP contribution in [0.1, 0.15) is 36.2 Å². The highest BCUT2D eigenvalue weighted by molar-refractivity contribution is 6.42. The Kier molecular flexibility index (Phi) is 5.85. The zero-order valence-corrected chi connectivity index (χ0v) is 17.2. The summed E-state index contributed by atoms with van der Waals surface area (Å²) in [5, 5.41) is 0.414. The lowest BCUT2D eigenvalue weighted by molar-refractivity contribution is -0.159. The fraction of sp³-hybridized carbons (Fsp3) is 0.333. The van der Waals surface area contributed by atoms with Crippen LogP contribution in [0.2, 0.25) is 15.1 Å². The summed E-state index contributed by atoms with van der Waals surface area (Å²) in [7, 11) is 0. The van der Waals surface area contributed by atoms with Gasteiger partial charge in [-0.3, -0.25) is 4.79 Å². The number of ether oxygens (including phenoxy) is 1. The van der Waals surface area contributed by atoms with Crippen LogP contribution < -0.4 is 0 Å². The number of carbonyl (C=O) groups is 2. The van der Waals surface area contributed by atoms with E-state index in [2.05, 4.69) is 12.1 Å². The summed E-state index contributed by atoms with van der Waals surface area (Å²) < 4.78 is 5.09. The topological polar surface area (TPSA) is 43.4 Å². The van der Waals surface area contributed by atoms with Crippen LogP contribution in [-0.4, -0.2) is 11.9 Å². The summed E-state index contributed by atoms with van der Waals surface area (Å²) in [5.41, 5.74) is 0.924. The summed E-state index contributed by atoms with van der Waals surface area (Å²) in [4.78, 5) is 24.9. The molecule has 0 saturated heterocycles. The van der Waals surface area contributed by atoms with Gasteiger partial charge in [0.1, 0.15) is 0 Å². The third-order valence-electron chi connectivity index (χ3n) is 5.48. The maximum Gasteiger partial charge on any atom is 0.348 e. The summed E-state index contributed by atoms with van der Waals surface area (Å²) in [6.45, 7) is 4.06. The van der Waals surface area contributed by atoms with Crippen molar-refractivity contribution in [2.45, 2.75) is 26.7 Å². The van der Waals surface area contributed by atoms with Crippen LogP contribution >= 0.6 is 34.8 Å². The molecule has 1 aliphatic carbocycles. The second-order valence-corrected chi connectivity index (χ2v) is 8.70. The van der Waals surface area contributed by atoms with Crippen LogP contribution in [0.3, 0.4) is 0 Å². The smallest absolute Gasteiger partial charge is 0.348 e. The van der Waals surface area contributed by atoms with Crippen LogP contribution in [0.5, 0.6) is 0 Å². The van der Waals surface area contributed by atoms with Crippen molar-refractivity contribution in [1.29, 1.82) is 0 Å². The molecule has 0 aliphatic heterocycles. The van der Waals surface area contributed by atoms with Crippen molar-refractivity contribution in [2.75, 3.05) is 0 Å². The Bertz CT molecular complexity index is 854. The van der Waals surface area contributed by atoms with Gasteiger partial charge in [0.05, 0.1) is 21.5 Å². The Morgan fingerprint density at radius 3 is 2.22 bits per heavy atom. The van der Waals surface area contributed by atoms with Gasteiger partial charge in [-0.15, -0.1) is 0 Å². The predicted molar refractivity (Wildman–Crippen MR) is 107 cm³/mol. The van der Waals surface area contributed by atoms with Gasteiger partial charge in [0.2, 0.25) is 0 Å². The Labute approximate surface area is 173 Å². The summed E-state index contributed by atoms with van der Waals surface area (Å²) >= 11 is 17.9. The molecule has 2 atom stereocenters. The van der Waals surface area contributed by atoms with Gasteiger partial charge in [-0.1, -0.05) is 79.0 Å². The van der Waals surface area contributed by atoms with Crippen molar-refractivity contribution < 1.29 is 14.3 Å². The first kappa shape index (κ1) is 20.2. The van der Waals surface area contributed by atoms with E-state index in [-0.39, 0.29) is 26.9 Å². The first-order valence-electron chi connectivity index (χ1n) is 8.64. The zero-order valence-electron chi connectivity index (χ0n) is 15.0. The van der Waals surface area contributed by atoms with Gasteiger partial charge in [0.15, 0.2) is 0 Å². The van der Waals surface area contributed by atoms with Crippen LogP contribution in [-0.2, 0) is 16.0 Å². The van der Waals surface area contributed by atoms with Gasteiger partial charge in [0, 0.05) is 5.02 Å². The summed E-state index contributed by atoms with van der Waals surface area (Å²) in [6, 6.07) is 12.9. The number of carbonyl (C=O) groups excluding carboxylic acids is 2. The average Bonchev–Trinajstić information content (AvgIpc) is 2.58. The maximum absolute atomic E-state index is 12.6. The summed E-state index contributed by atoms with van der Waals surface area (Å²) in [6.07, 6.45) is 1.57. The molecule has 0 radical (unpaired) electrons. The normalized spacial score (nSPS) is 20.6. The second-order valence-electron chi connectivity index (χ2n) is 7.45. The molecule has 1 saturated carbocycles. The number of hydrogen-bond acceptors (Lipinski definition) is 3. The van der Waals surface area contributed by atoms with Crippen molar-refractivity contribution in [2.24, 2.45) is 17.3 Å². The molecule has 3 rings (SSSR count). The standard InChI is InChI=1S/C21H19Cl3O3/c1-21(2)13(8-12-6-4-3-5-7-12)9-15(21)19(25)27-20(26)18-16(23)10-14(22)11-17(18)24/h3-7,10-11,13,15H,8-9H2,1-2H3/t13-,15-/m0/s1. The molecule has 1 fully saturated rings. The van der Waals surface area contributed by atoms with Gasteiger partial charge in [0.25, 0.3) is 0 Å². The van der Waals surface area contributed by atoms with Crippen molar-refractivity contribution in [3.8, 4) is 0 Å². The van der Waals surface area contributed by atoms with E-state index in [9.17, 15) is 9.59 Å². The molecule has 142 valence electrons. The van der Waals surface area contributed by atoms with Crippen LogP contribution in [0.4, 0.5) is 0 Å². The monoisotopic (exact) mass is 424 g/mol. The fourth-order valence-electron chi connectivity index (χ4n) is 3.61. The zero-order chi connectivity index (χ0) is 19.8. The fourth-order valence-corrected chi connectivity index (χ4v) is 4.58. The molecular weight excluding hydrogens is 407 g/mol. The quantitative estimate of drug-likeness (QED) is 0.430. The third kappa shape index (κ3) is 4.16. The van der Waals surface area contributed by atoms with E-state index in [1.54, 1.807) is 0 Å². The number of halogens is 3. The van der Waals surface area contributed by atoms with E-state index in [1.165, 1.54) is 17.7 Å². The van der Waals surface area contributed by atoms with E-state index in [0.717, 1.165) is 6.42 Å². The molecule has 0 amide bonds. The van der Waals surface area contributed by atoms with Gasteiger partial charge in [-0.2, -0.15) is 0 Å². The molecule has 0 unspecified atom stereocenters. The first-order valence-corrected chi connectivity index (χ1v) is 9.78. The lowest BCUT2D eigenvalue weighted by atomic mass is 9.53. The minimum absolute atomic E-state index is 0.0472. The van der Waals surface area contributed by atoms with Crippen molar-refractivity contribution >= 4 is 46.7 Å². The Morgan fingerprint density at radius 1 is 1.07 bits per heavy atom. The van der Waals surface area contributed by atoms with E-state index in [4.69, 9.17) is 39.5 Å². The number of esters is 2. The molecule has 0 heterocycles. The third-order valence-corrected chi connectivity index (χ3v) is 6.30. The van der Waals surface area contributed by atoms with Gasteiger partial charge in [-0.25, -0.2) is 4.79 Å². The largest absolute Gasteiger partial charge is 0.389 e. The van der Waals surface area contributed by atoms with Crippen molar-refractivity contribution in [1.82, 2.24) is 0 Å².